The van der Waals surface area contributed by atoms with Gasteiger partial charge >= 0.3 is 0 Å². The largest absolute Gasteiger partial charge is 0.481 e. The maximum Gasteiger partial charge on any atom is 0.213 e. The molecule has 138 valence electrons. The lowest BCUT2D eigenvalue weighted by atomic mass is 9.97. The molecule has 4 aromatic rings. The minimum atomic E-state index is 0.618. The third-order valence-electron chi connectivity index (χ3n) is 5.27. The van der Waals surface area contributed by atoms with Crippen LogP contribution in [-0.4, -0.2) is 26.6 Å². The highest BCUT2D eigenvalue weighted by Gasteiger charge is 2.19. The third-order valence-corrected chi connectivity index (χ3v) is 5.27. The number of fused-ring (bicyclic) bond motifs is 2. The number of aryl methyl sites for hydroxylation is 2. The number of hydrogen-bond acceptors (Lipinski definition) is 4. The number of nitrogens with zero attached hydrogens (tertiary/aromatic N) is 4. The standard InChI is InChI=1S/C23H20N4O/c1-14-8-16(11-23(26-14)28-3)17-9-19-18(5-7-20(19)24-12-17)15-4-6-21-22(10-15)27(2)13-25-21/h4-6,8-13H,7H2,1-3H3. The maximum atomic E-state index is 5.33. The molecule has 5 rings (SSSR count). The molecule has 0 spiro atoms. The predicted octanol–water partition coefficient (Wildman–Crippen LogP) is 4.34. The molecule has 0 amide bonds. The summed E-state index contributed by atoms with van der Waals surface area (Å²) in [5.41, 5.74) is 9.91. The summed E-state index contributed by atoms with van der Waals surface area (Å²) in [7, 11) is 3.66. The molecule has 1 aliphatic carbocycles. The molecule has 0 radical (unpaired) electrons. The van der Waals surface area contributed by atoms with E-state index in [9.17, 15) is 0 Å². The number of methoxy groups -OCH3 is 1. The van der Waals surface area contributed by atoms with Crippen LogP contribution in [0.2, 0.25) is 0 Å². The number of rotatable bonds is 3. The van der Waals surface area contributed by atoms with Crippen LogP contribution in [0.25, 0.3) is 27.7 Å². The van der Waals surface area contributed by atoms with Gasteiger partial charge in [-0.15, -0.1) is 0 Å². The van der Waals surface area contributed by atoms with Gasteiger partial charge in [0.2, 0.25) is 5.88 Å². The normalized spacial score (nSPS) is 12.9. The molecule has 0 N–H and O–H groups in total. The first-order valence-corrected chi connectivity index (χ1v) is 9.26. The fraction of sp³-hybridized carbons (Fsp3) is 0.174. The van der Waals surface area contributed by atoms with E-state index in [0.29, 0.717) is 5.88 Å². The first kappa shape index (κ1) is 16.7. The summed E-state index contributed by atoms with van der Waals surface area (Å²) in [6, 6.07) is 12.7. The van der Waals surface area contributed by atoms with Crippen molar-refractivity contribution in [2.24, 2.45) is 7.05 Å². The topological polar surface area (TPSA) is 52.8 Å². The van der Waals surface area contributed by atoms with Crippen molar-refractivity contribution in [2.45, 2.75) is 13.3 Å². The van der Waals surface area contributed by atoms with E-state index in [1.807, 2.05) is 32.6 Å². The lowest BCUT2D eigenvalue weighted by Crippen LogP contribution is -1.95. The number of hydrogen-bond donors (Lipinski definition) is 0. The Kier molecular flexibility index (Phi) is 3.76. The summed E-state index contributed by atoms with van der Waals surface area (Å²) in [6.07, 6.45) is 6.91. The average molecular weight is 368 g/mol. The van der Waals surface area contributed by atoms with Crippen molar-refractivity contribution in [3.8, 4) is 17.0 Å². The Morgan fingerprint density at radius 1 is 1.00 bits per heavy atom. The molecular formula is C23H20N4O. The van der Waals surface area contributed by atoms with Crippen LogP contribution >= 0.6 is 0 Å². The highest BCUT2D eigenvalue weighted by Crippen LogP contribution is 2.35. The van der Waals surface area contributed by atoms with E-state index < -0.39 is 0 Å². The van der Waals surface area contributed by atoms with Gasteiger partial charge in [-0.25, -0.2) is 9.97 Å². The molecule has 0 bridgehead atoms. The van der Waals surface area contributed by atoms with Crippen LogP contribution in [0.3, 0.4) is 0 Å². The molecule has 0 atom stereocenters. The Bertz CT molecular complexity index is 1250. The van der Waals surface area contributed by atoms with Gasteiger partial charge in [-0.3, -0.25) is 4.98 Å². The van der Waals surface area contributed by atoms with Crippen molar-refractivity contribution >= 4 is 16.6 Å². The molecular weight excluding hydrogens is 348 g/mol. The highest BCUT2D eigenvalue weighted by molar-refractivity contribution is 5.89. The number of aromatic nitrogens is 4. The van der Waals surface area contributed by atoms with Crippen LogP contribution in [0, 0.1) is 6.92 Å². The molecule has 0 saturated carbocycles. The molecule has 3 heterocycles. The van der Waals surface area contributed by atoms with Crippen molar-refractivity contribution in [1.29, 1.82) is 0 Å². The Morgan fingerprint density at radius 2 is 1.89 bits per heavy atom. The van der Waals surface area contributed by atoms with Gasteiger partial charge in [-0.1, -0.05) is 12.1 Å². The zero-order valence-corrected chi connectivity index (χ0v) is 16.1. The average Bonchev–Trinajstić information content (AvgIpc) is 3.30. The van der Waals surface area contributed by atoms with Crippen molar-refractivity contribution < 1.29 is 4.74 Å². The second-order valence-electron chi connectivity index (χ2n) is 7.14. The summed E-state index contributed by atoms with van der Waals surface area (Å²) < 4.78 is 7.39. The molecule has 0 unspecified atom stereocenters. The number of ether oxygens (including phenoxy) is 1. The van der Waals surface area contributed by atoms with Crippen LogP contribution in [-0.2, 0) is 13.5 Å². The highest BCUT2D eigenvalue weighted by atomic mass is 16.5. The molecule has 5 nitrogen and oxygen atoms in total. The first-order chi connectivity index (χ1) is 13.6. The maximum absolute atomic E-state index is 5.33. The van der Waals surface area contributed by atoms with E-state index in [4.69, 9.17) is 9.72 Å². The van der Waals surface area contributed by atoms with Crippen LogP contribution in [0.1, 0.15) is 22.5 Å². The summed E-state index contributed by atoms with van der Waals surface area (Å²) >= 11 is 0. The van der Waals surface area contributed by atoms with Gasteiger partial charge in [-0.2, -0.15) is 0 Å². The quantitative estimate of drug-likeness (QED) is 0.540. The number of imidazole rings is 1. The molecule has 1 aromatic carbocycles. The zero-order chi connectivity index (χ0) is 19.3. The van der Waals surface area contributed by atoms with E-state index in [1.165, 1.54) is 16.7 Å². The van der Waals surface area contributed by atoms with Gasteiger partial charge in [0.05, 0.1) is 30.2 Å². The van der Waals surface area contributed by atoms with Gasteiger partial charge in [0.15, 0.2) is 0 Å². The fourth-order valence-electron chi connectivity index (χ4n) is 3.83. The molecule has 0 fully saturated rings. The van der Waals surface area contributed by atoms with E-state index in [0.717, 1.165) is 40.0 Å². The van der Waals surface area contributed by atoms with Crippen molar-refractivity contribution in [1.82, 2.24) is 19.5 Å². The van der Waals surface area contributed by atoms with Gasteiger partial charge in [-0.05, 0) is 47.9 Å². The molecule has 0 aliphatic heterocycles. The Labute approximate surface area is 163 Å². The summed E-state index contributed by atoms with van der Waals surface area (Å²) in [5, 5.41) is 0. The van der Waals surface area contributed by atoms with Crippen molar-refractivity contribution in [3.05, 3.63) is 77.5 Å². The number of allylic oxidation sites excluding steroid dienone is 1. The summed E-state index contributed by atoms with van der Waals surface area (Å²) in [6.45, 7) is 1.97. The minimum Gasteiger partial charge on any atom is -0.481 e. The van der Waals surface area contributed by atoms with Crippen LogP contribution in [0.15, 0.2) is 55.0 Å². The van der Waals surface area contributed by atoms with E-state index in [1.54, 1.807) is 7.11 Å². The van der Waals surface area contributed by atoms with Crippen molar-refractivity contribution in [2.75, 3.05) is 7.11 Å². The number of pyridine rings is 2. The van der Waals surface area contributed by atoms with E-state index >= 15 is 0 Å². The van der Waals surface area contributed by atoms with Crippen LogP contribution in [0.5, 0.6) is 5.88 Å². The Morgan fingerprint density at radius 3 is 2.75 bits per heavy atom. The molecule has 28 heavy (non-hydrogen) atoms. The van der Waals surface area contributed by atoms with Crippen LogP contribution in [0.4, 0.5) is 0 Å². The van der Waals surface area contributed by atoms with E-state index in [-0.39, 0.29) is 0 Å². The minimum absolute atomic E-state index is 0.618. The lowest BCUT2D eigenvalue weighted by Gasteiger charge is -2.10. The monoisotopic (exact) mass is 368 g/mol. The first-order valence-electron chi connectivity index (χ1n) is 9.26. The van der Waals surface area contributed by atoms with Crippen LogP contribution < -0.4 is 4.74 Å². The smallest absolute Gasteiger partial charge is 0.213 e. The van der Waals surface area contributed by atoms with Gasteiger partial charge < -0.3 is 9.30 Å². The zero-order valence-electron chi connectivity index (χ0n) is 16.1. The van der Waals surface area contributed by atoms with Gasteiger partial charge in [0.25, 0.3) is 0 Å². The fourth-order valence-corrected chi connectivity index (χ4v) is 3.83. The summed E-state index contributed by atoms with van der Waals surface area (Å²) in [5.74, 6) is 0.618. The van der Waals surface area contributed by atoms with E-state index in [2.05, 4.69) is 50.9 Å². The predicted molar refractivity (Wildman–Crippen MR) is 110 cm³/mol. The molecule has 3 aromatic heterocycles. The SMILES string of the molecule is COc1cc(-c2cnc3c(c2)C(c2ccc4ncn(C)c4c2)=CC3)cc(C)n1. The number of benzene rings is 1. The molecule has 5 heteroatoms. The third kappa shape index (κ3) is 2.67. The molecule has 1 aliphatic rings. The Balaban J connectivity index is 1.60. The van der Waals surface area contributed by atoms with Gasteiger partial charge in [0, 0.05) is 42.6 Å². The lowest BCUT2D eigenvalue weighted by molar-refractivity contribution is 0.397. The molecule has 0 saturated heterocycles. The van der Waals surface area contributed by atoms with Gasteiger partial charge in [0.1, 0.15) is 0 Å². The summed E-state index contributed by atoms with van der Waals surface area (Å²) in [4.78, 5) is 13.5. The second kappa shape index (κ2) is 6.30. The Hall–Kier alpha value is -3.47. The van der Waals surface area contributed by atoms with Crippen molar-refractivity contribution in [3.63, 3.8) is 0 Å². The second-order valence-corrected chi connectivity index (χ2v) is 7.14.